The molecule has 0 amide bonds. The number of piperazine rings is 1. The van der Waals surface area contributed by atoms with Gasteiger partial charge in [0.2, 0.25) is 0 Å². The molecule has 114 valence electrons. The molecule has 2 heterocycles. The summed E-state index contributed by atoms with van der Waals surface area (Å²) in [7, 11) is 0. The van der Waals surface area contributed by atoms with E-state index < -0.39 is 0 Å². The molecule has 1 N–H and O–H groups in total. The van der Waals surface area contributed by atoms with Crippen LogP contribution in [0.25, 0.3) is 0 Å². The summed E-state index contributed by atoms with van der Waals surface area (Å²) in [6, 6.07) is 3.34. The van der Waals surface area contributed by atoms with Crippen LogP contribution in [-0.2, 0) is 13.1 Å². The highest BCUT2D eigenvalue weighted by molar-refractivity contribution is 5.12. The number of nitrogens with zero attached hydrogens (tertiary/aromatic N) is 2. The van der Waals surface area contributed by atoms with Gasteiger partial charge < -0.3 is 9.73 Å². The molecular formula is C16H29N3O. The van der Waals surface area contributed by atoms with Crippen molar-refractivity contribution < 1.29 is 4.42 Å². The van der Waals surface area contributed by atoms with Gasteiger partial charge in [-0.2, -0.15) is 0 Å². The highest BCUT2D eigenvalue weighted by atomic mass is 16.3. The van der Waals surface area contributed by atoms with Crippen LogP contribution in [0.4, 0.5) is 0 Å². The molecule has 1 aliphatic heterocycles. The van der Waals surface area contributed by atoms with Gasteiger partial charge in [-0.1, -0.05) is 20.8 Å². The molecule has 1 aliphatic rings. The Morgan fingerprint density at radius 2 is 2.20 bits per heavy atom. The van der Waals surface area contributed by atoms with Gasteiger partial charge in [-0.3, -0.25) is 9.80 Å². The van der Waals surface area contributed by atoms with Crippen LogP contribution in [0, 0.1) is 0 Å². The van der Waals surface area contributed by atoms with Crippen molar-refractivity contribution in [3.8, 4) is 0 Å². The van der Waals surface area contributed by atoms with E-state index in [1.54, 1.807) is 0 Å². The number of hydrogen-bond acceptors (Lipinski definition) is 4. The van der Waals surface area contributed by atoms with Gasteiger partial charge >= 0.3 is 0 Å². The standard InChI is InChI=1S/C16H29N3O/c1-5-19-7-6-18(10-14(19)4)11-16-8-15(12-20-16)9-17-13(2)3/h8,12-14,17H,5-7,9-11H2,1-4H3. The Kier molecular flexibility index (Phi) is 5.64. The zero-order valence-electron chi connectivity index (χ0n) is 13.4. The molecule has 1 fully saturated rings. The maximum Gasteiger partial charge on any atom is 0.118 e. The van der Waals surface area contributed by atoms with Crippen molar-refractivity contribution in [1.82, 2.24) is 15.1 Å². The monoisotopic (exact) mass is 279 g/mol. The summed E-state index contributed by atoms with van der Waals surface area (Å²) in [5.41, 5.74) is 1.24. The first-order valence-corrected chi connectivity index (χ1v) is 7.84. The van der Waals surface area contributed by atoms with Crippen LogP contribution in [0.5, 0.6) is 0 Å². The fourth-order valence-corrected chi connectivity index (χ4v) is 2.83. The topological polar surface area (TPSA) is 31.6 Å². The molecule has 1 unspecified atom stereocenters. The average Bonchev–Trinajstić information content (AvgIpc) is 2.84. The number of hydrogen-bond donors (Lipinski definition) is 1. The largest absolute Gasteiger partial charge is 0.468 e. The van der Waals surface area contributed by atoms with Crippen molar-refractivity contribution in [3.05, 3.63) is 23.7 Å². The van der Waals surface area contributed by atoms with E-state index in [1.807, 2.05) is 6.26 Å². The fourth-order valence-electron chi connectivity index (χ4n) is 2.83. The molecule has 1 atom stereocenters. The van der Waals surface area contributed by atoms with Crippen molar-refractivity contribution in [2.75, 3.05) is 26.2 Å². The molecule has 0 bridgehead atoms. The highest BCUT2D eigenvalue weighted by Crippen LogP contribution is 2.15. The molecule has 0 aromatic carbocycles. The molecular weight excluding hydrogens is 250 g/mol. The Bertz CT molecular complexity index is 402. The molecule has 0 radical (unpaired) electrons. The second-order valence-electron chi connectivity index (χ2n) is 6.17. The van der Waals surface area contributed by atoms with Crippen molar-refractivity contribution in [1.29, 1.82) is 0 Å². The Hall–Kier alpha value is -0.840. The Balaban J connectivity index is 1.82. The smallest absolute Gasteiger partial charge is 0.118 e. The number of furan rings is 1. The molecule has 2 rings (SSSR count). The summed E-state index contributed by atoms with van der Waals surface area (Å²) in [6.45, 7) is 15.3. The minimum absolute atomic E-state index is 0.510. The van der Waals surface area contributed by atoms with E-state index in [0.29, 0.717) is 12.1 Å². The quantitative estimate of drug-likeness (QED) is 0.866. The molecule has 0 saturated carbocycles. The Labute approximate surface area is 123 Å². The van der Waals surface area contributed by atoms with Crippen LogP contribution >= 0.6 is 0 Å². The van der Waals surface area contributed by atoms with Gasteiger partial charge in [0.1, 0.15) is 5.76 Å². The number of likely N-dealkylation sites (N-methyl/N-ethyl adjacent to an activating group) is 1. The predicted molar refractivity (Wildman–Crippen MR) is 82.7 cm³/mol. The van der Waals surface area contributed by atoms with Crippen molar-refractivity contribution in [2.45, 2.75) is 52.9 Å². The van der Waals surface area contributed by atoms with Gasteiger partial charge in [0, 0.05) is 43.8 Å². The second kappa shape index (κ2) is 7.25. The van der Waals surface area contributed by atoms with Crippen molar-refractivity contribution in [2.24, 2.45) is 0 Å². The zero-order valence-corrected chi connectivity index (χ0v) is 13.4. The van der Waals surface area contributed by atoms with E-state index >= 15 is 0 Å². The number of nitrogens with one attached hydrogen (secondary N) is 1. The van der Waals surface area contributed by atoms with Crippen molar-refractivity contribution in [3.63, 3.8) is 0 Å². The van der Waals surface area contributed by atoms with Gasteiger partial charge in [-0.25, -0.2) is 0 Å². The zero-order chi connectivity index (χ0) is 14.5. The first-order valence-electron chi connectivity index (χ1n) is 7.84. The summed E-state index contributed by atoms with van der Waals surface area (Å²) < 4.78 is 5.69. The lowest BCUT2D eigenvalue weighted by Crippen LogP contribution is -2.51. The van der Waals surface area contributed by atoms with E-state index in [0.717, 1.165) is 38.5 Å². The van der Waals surface area contributed by atoms with Gasteiger partial charge in [0.05, 0.1) is 12.8 Å². The van der Waals surface area contributed by atoms with E-state index in [9.17, 15) is 0 Å². The third-order valence-corrected chi connectivity index (χ3v) is 4.06. The summed E-state index contributed by atoms with van der Waals surface area (Å²) in [6.07, 6.45) is 1.89. The minimum Gasteiger partial charge on any atom is -0.468 e. The van der Waals surface area contributed by atoms with E-state index in [2.05, 4.69) is 48.9 Å². The molecule has 4 nitrogen and oxygen atoms in total. The molecule has 0 aliphatic carbocycles. The molecule has 1 aromatic heterocycles. The van der Waals surface area contributed by atoms with Crippen LogP contribution in [-0.4, -0.2) is 48.1 Å². The molecule has 1 saturated heterocycles. The second-order valence-corrected chi connectivity index (χ2v) is 6.17. The van der Waals surface area contributed by atoms with Crippen LogP contribution < -0.4 is 5.32 Å². The van der Waals surface area contributed by atoms with E-state index in [4.69, 9.17) is 4.42 Å². The summed E-state index contributed by atoms with van der Waals surface area (Å²) in [4.78, 5) is 5.03. The summed E-state index contributed by atoms with van der Waals surface area (Å²) in [5, 5.41) is 3.42. The van der Waals surface area contributed by atoms with Gasteiger partial charge in [0.25, 0.3) is 0 Å². The third kappa shape index (κ3) is 4.33. The summed E-state index contributed by atoms with van der Waals surface area (Å²) >= 11 is 0. The lowest BCUT2D eigenvalue weighted by molar-refractivity contribution is 0.0790. The van der Waals surface area contributed by atoms with E-state index in [-0.39, 0.29) is 0 Å². The van der Waals surface area contributed by atoms with Crippen LogP contribution in [0.1, 0.15) is 39.0 Å². The maximum absolute atomic E-state index is 5.69. The summed E-state index contributed by atoms with van der Waals surface area (Å²) in [5.74, 6) is 1.09. The van der Waals surface area contributed by atoms with Crippen LogP contribution in [0.15, 0.2) is 16.7 Å². The molecule has 0 spiro atoms. The first kappa shape index (κ1) is 15.5. The average molecular weight is 279 g/mol. The molecule has 4 heteroatoms. The molecule has 1 aromatic rings. The predicted octanol–water partition coefficient (Wildman–Crippen LogP) is 2.30. The van der Waals surface area contributed by atoms with Crippen LogP contribution in [0.2, 0.25) is 0 Å². The van der Waals surface area contributed by atoms with Gasteiger partial charge in [0.15, 0.2) is 0 Å². The minimum atomic E-state index is 0.510. The Morgan fingerprint density at radius 3 is 2.85 bits per heavy atom. The first-order chi connectivity index (χ1) is 9.58. The van der Waals surface area contributed by atoms with Crippen molar-refractivity contribution >= 4 is 0 Å². The fraction of sp³-hybridized carbons (Fsp3) is 0.750. The molecule has 20 heavy (non-hydrogen) atoms. The van der Waals surface area contributed by atoms with E-state index in [1.165, 1.54) is 12.1 Å². The normalized spacial score (nSPS) is 21.8. The SMILES string of the molecule is CCN1CCN(Cc2cc(CNC(C)C)co2)CC1C. The third-order valence-electron chi connectivity index (χ3n) is 4.06. The van der Waals surface area contributed by atoms with Crippen LogP contribution in [0.3, 0.4) is 0 Å². The lowest BCUT2D eigenvalue weighted by atomic mass is 10.2. The lowest BCUT2D eigenvalue weighted by Gasteiger charge is -2.38. The Morgan fingerprint density at radius 1 is 1.40 bits per heavy atom. The van der Waals surface area contributed by atoms with Gasteiger partial charge in [-0.15, -0.1) is 0 Å². The number of rotatable bonds is 6. The highest BCUT2D eigenvalue weighted by Gasteiger charge is 2.22. The van der Waals surface area contributed by atoms with Gasteiger partial charge in [-0.05, 0) is 19.5 Å². The maximum atomic E-state index is 5.69.